The van der Waals surface area contributed by atoms with Crippen LogP contribution in [0.2, 0.25) is 0 Å². The van der Waals surface area contributed by atoms with Crippen LogP contribution in [0.15, 0.2) is 23.3 Å². The summed E-state index contributed by atoms with van der Waals surface area (Å²) in [6, 6.07) is 2.25. The molecular formula is C33H45NO4. The van der Waals surface area contributed by atoms with E-state index in [1.807, 2.05) is 19.9 Å². The average Bonchev–Trinajstić information content (AvgIpc) is 3.61. The molecule has 1 aliphatic heterocycles. The lowest BCUT2D eigenvalue weighted by Crippen LogP contribution is -2.63. The van der Waals surface area contributed by atoms with Gasteiger partial charge < -0.3 is 9.47 Å². The van der Waals surface area contributed by atoms with Crippen LogP contribution in [0.5, 0.6) is 0 Å². The van der Waals surface area contributed by atoms with Crippen molar-refractivity contribution in [2.45, 2.75) is 106 Å². The molecule has 0 aromatic heterocycles. The number of rotatable bonds is 1. The van der Waals surface area contributed by atoms with E-state index >= 15 is 0 Å². The molecule has 6 rings (SSSR count). The first-order chi connectivity index (χ1) is 17.6. The number of fused-ring (bicyclic) bond motifs is 9. The summed E-state index contributed by atoms with van der Waals surface area (Å²) in [6.07, 6.45) is 11.3. The Kier molecular flexibility index (Phi) is 5.28. The van der Waals surface area contributed by atoms with Gasteiger partial charge in [-0.15, -0.1) is 0 Å². The number of ether oxygens (including phenoxy) is 2. The zero-order chi connectivity index (χ0) is 27.7. The minimum absolute atomic E-state index is 0.0186. The molecule has 4 fully saturated rings. The zero-order valence-electron chi connectivity index (χ0n) is 24.6. The SMILES string of the molecule is COC(=O)[C@]12CCC(C)(C)CC1C1C3OC3C=C3[C@@]4(C)C=C(C#N)C(=O)C(C)(C)C4CC[C@@]3(C)[C@]1(C)CC2. The van der Waals surface area contributed by atoms with E-state index in [-0.39, 0.29) is 63.4 Å². The number of carbonyl (C=O) groups is 2. The molecule has 6 aliphatic rings. The third kappa shape index (κ3) is 3.02. The van der Waals surface area contributed by atoms with Gasteiger partial charge in [-0.05, 0) is 78.9 Å². The van der Waals surface area contributed by atoms with Gasteiger partial charge in [0.2, 0.25) is 0 Å². The van der Waals surface area contributed by atoms with E-state index in [0.717, 1.165) is 44.9 Å². The molecule has 1 heterocycles. The van der Waals surface area contributed by atoms with Crippen LogP contribution in [0.1, 0.15) is 93.4 Å². The number of esters is 1. The number of carbonyl (C=O) groups excluding carboxylic acids is 2. The van der Waals surface area contributed by atoms with Gasteiger partial charge >= 0.3 is 5.97 Å². The third-order valence-corrected chi connectivity index (χ3v) is 13.2. The second-order valence-electron chi connectivity index (χ2n) is 15.6. The van der Waals surface area contributed by atoms with E-state index in [9.17, 15) is 14.9 Å². The van der Waals surface area contributed by atoms with Crippen molar-refractivity contribution in [1.29, 1.82) is 5.26 Å². The number of hydrogen-bond donors (Lipinski definition) is 0. The van der Waals surface area contributed by atoms with Gasteiger partial charge in [0, 0.05) is 10.8 Å². The molecule has 0 aromatic carbocycles. The van der Waals surface area contributed by atoms with Gasteiger partial charge in [-0.3, -0.25) is 9.59 Å². The molecule has 5 heteroatoms. The van der Waals surface area contributed by atoms with Crippen LogP contribution >= 0.6 is 0 Å². The summed E-state index contributed by atoms with van der Waals surface area (Å²) >= 11 is 0. The standard InChI is InChI=1S/C33H45NO4/c1-28(2)11-13-33(27(36)37-8)14-12-32(7)24(20(33)17-28)25-21(38-25)15-23-30(5)16-19(18-34)26(35)29(3,4)22(30)9-10-31(23,32)6/h15-16,20-22,24-25H,9-14,17H2,1-8H3/t20?,21?,22?,24?,25?,30-,31+,32+,33-/m0/s1. The van der Waals surface area contributed by atoms with Gasteiger partial charge in [0.25, 0.3) is 0 Å². The smallest absolute Gasteiger partial charge is 0.312 e. The molecule has 0 amide bonds. The fraction of sp³-hybridized carbons (Fsp3) is 0.788. The van der Waals surface area contributed by atoms with Crippen LogP contribution in [-0.4, -0.2) is 31.1 Å². The van der Waals surface area contributed by atoms with Crippen LogP contribution in [0.3, 0.4) is 0 Å². The number of ketones is 1. The predicted octanol–water partition coefficient (Wildman–Crippen LogP) is 6.58. The van der Waals surface area contributed by atoms with Crippen LogP contribution in [0.4, 0.5) is 0 Å². The molecule has 0 radical (unpaired) electrons. The second-order valence-corrected chi connectivity index (χ2v) is 15.6. The molecule has 0 bridgehead atoms. The van der Waals surface area contributed by atoms with Gasteiger partial charge in [0.1, 0.15) is 12.2 Å². The Labute approximate surface area is 228 Å². The van der Waals surface area contributed by atoms with Crippen LogP contribution < -0.4 is 0 Å². The fourth-order valence-electron chi connectivity index (χ4n) is 10.9. The summed E-state index contributed by atoms with van der Waals surface area (Å²) in [4.78, 5) is 26.9. The van der Waals surface area contributed by atoms with Crippen molar-refractivity contribution in [3.8, 4) is 6.07 Å². The molecule has 0 N–H and O–H groups in total. The Bertz CT molecular complexity index is 1220. The molecule has 38 heavy (non-hydrogen) atoms. The molecule has 5 aliphatic carbocycles. The topological polar surface area (TPSA) is 79.7 Å². The van der Waals surface area contributed by atoms with E-state index in [1.54, 1.807) is 7.11 Å². The van der Waals surface area contributed by atoms with E-state index < -0.39 is 10.8 Å². The van der Waals surface area contributed by atoms with E-state index in [4.69, 9.17) is 9.47 Å². The Balaban J connectivity index is 1.52. The van der Waals surface area contributed by atoms with Crippen molar-refractivity contribution in [3.63, 3.8) is 0 Å². The highest BCUT2D eigenvalue weighted by molar-refractivity contribution is 6.04. The molecular weight excluding hydrogens is 474 g/mol. The number of methoxy groups -OCH3 is 1. The monoisotopic (exact) mass is 519 g/mol. The lowest BCUT2D eigenvalue weighted by atomic mass is 9.36. The largest absolute Gasteiger partial charge is 0.469 e. The van der Waals surface area contributed by atoms with E-state index in [0.29, 0.717) is 5.57 Å². The Hall–Kier alpha value is -1.93. The van der Waals surface area contributed by atoms with Gasteiger partial charge in [-0.25, -0.2) is 0 Å². The molecule has 0 spiro atoms. The zero-order valence-corrected chi connectivity index (χ0v) is 24.6. The lowest BCUT2D eigenvalue weighted by molar-refractivity contribution is -0.190. The first kappa shape index (κ1) is 26.3. The maximum atomic E-state index is 13.5. The average molecular weight is 520 g/mol. The fourth-order valence-corrected chi connectivity index (χ4v) is 10.9. The van der Waals surface area contributed by atoms with Crippen molar-refractivity contribution in [3.05, 3.63) is 23.3 Å². The van der Waals surface area contributed by atoms with Crippen LogP contribution in [-0.2, 0) is 19.1 Å². The first-order valence-electron chi connectivity index (χ1n) is 14.8. The summed E-state index contributed by atoms with van der Waals surface area (Å²) in [5.74, 6) is 0.579. The summed E-state index contributed by atoms with van der Waals surface area (Å²) in [7, 11) is 1.56. The number of nitrogens with zero attached hydrogens (tertiary/aromatic N) is 1. The Morgan fingerprint density at radius 2 is 1.74 bits per heavy atom. The quantitative estimate of drug-likeness (QED) is 0.222. The maximum absolute atomic E-state index is 13.5. The Morgan fingerprint density at radius 1 is 1.05 bits per heavy atom. The van der Waals surface area contributed by atoms with E-state index in [1.165, 1.54) is 5.57 Å². The van der Waals surface area contributed by atoms with E-state index in [2.05, 4.69) is 46.8 Å². The number of epoxide rings is 1. The molecule has 5 nitrogen and oxygen atoms in total. The van der Waals surface area contributed by atoms with Crippen LogP contribution in [0.25, 0.3) is 0 Å². The molecule has 5 unspecified atom stereocenters. The highest BCUT2D eigenvalue weighted by Crippen LogP contribution is 2.76. The molecule has 1 saturated heterocycles. The summed E-state index contributed by atoms with van der Waals surface area (Å²) in [5.41, 5.74) is 0.269. The Morgan fingerprint density at radius 3 is 2.39 bits per heavy atom. The van der Waals surface area contributed by atoms with Crippen molar-refractivity contribution < 1.29 is 19.1 Å². The summed E-state index contributed by atoms with van der Waals surface area (Å²) < 4.78 is 12.1. The molecule has 0 aromatic rings. The van der Waals surface area contributed by atoms with Gasteiger partial charge in [-0.1, -0.05) is 66.2 Å². The van der Waals surface area contributed by atoms with Crippen molar-refractivity contribution in [2.75, 3.05) is 7.11 Å². The van der Waals surface area contributed by atoms with Gasteiger partial charge in [0.05, 0.1) is 24.2 Å². The minimum atomic E-state index is -0.590. The van der Waals surface area contributed by atoms with Crippen molar-refractivity contribution in [2.24, 2.45) is 50.2 Å². The van der Waals surface area contributed by atoms with Gasteiger partial charge in [0.15, 0.2) is 5.78 Å². The number of hydrogen-bond acceptors (Lipinski definition) is 5. The predicted molar refractivity (Wildman–Crippen MR) is 145 cm³/mol. The molecule has 3 saturated carbocycles. The number of nitriles is 1. The van der Waals surface area contributed by atoms with Gasteiger partial charge in [-0.2, -0.15) is 5.26 Å². The maximum Gasteiger partial charge on any atom is 0.312 e. The third-order valence-electron chi connectivity index (χ3n) is 13.2. The number of allylic oxidation sites excluding steroid dienone is 3. The normalized spacial score (nSPS) is 49.8. The summed E-state index contributed by atoms with van der Waals surface area (Å²) in [5, 5.41) is 9.97. The summed E-state index contributed by atoms with van der Waals surface area (Å²) in [6.45, 7) is 16.0. The molecule has 206 valence electrons. The minimum Gasteiger partial charge on any atom is -0.469 e. The molecule has 9 atom stereocenters. The number of Topliss-reactive ketones (excluding diaryl/α,β-unsaturated/α-hetero) is 1. The highest BCUT2D eigenvalue weighted by atomic mass is 16.6. The van der Waals surface area contributed by atoms with Crippen LogP contribution in [0, 0.1) is 61.6 Å². The lowest BCUT2D eigenvalue weighted by Gasteiger charge is -2.67. The van der Waals surface area contributed by atoms with Crippen molar-refractivity contribution in [1.82, 2.24) is 0 Å². The second kappa shape index (κ2) is 7.62. The first-order valence-corrected chi connectivity index (χ1v) is 14.8. The van der Waals surface area contributed by atoms with Crippen molar-refractivity contribution >= 4 is 11.8 Å². The highest BCUT2D eigenvalue weighted by Gasteiger charge is 2.73.